The lowest BCUT2D eigenvalue weighted by Gasteiger charge is -2.04. The molecular weight excluding hydrogens is 314 g/mol. The SMILES string of the molecule is COc1cccc(-c2cnc3[nH]c(-c4ccccc4OC)nc3c2)c1. The summed E-state index contributed by atoms with van der Waals surface area (Å²) in [6.07, 6.45) is 1.83. The third-order valence-electron chi connectivity index (χ3n) is 4.10. The van der Waals surface area contributed by atoms with E-state index < -0.39 is 0 Å². The Morgan fingerprint density at radius 2 is 1.76 bits per heavy atom. The van der Waals surface area contributed by atoms with E-state index >= 15 is 0 Å². The van der Waals surface area contributed by atoms with Gasteiger partial charge in [0.2, 0.25) is 0 Å². The van der Waals surface area contributed by atoms with Crippen molar-refractivity contribution in [1.82, 2.24) is 15.0 Å². The minimum Gasteiger partial charge on any atom is -0.497 e. The lowest BCUT2D eigenvalue weighted by atomic mass is 10.1. The number of nitrogens with zero attached hydrogens (tertiary/aromatic N) is 2. The molecule has 0 atom stereocenters. The molecule has 2 aromatic heterocycles. The molecule has 5 nitrogen and oxygen atoms in total. The summed E-state index contributed by atoms with van der Waals surface area (Å²) in [4.78, 5) is 12.5. The lowest BCUT2D eigenvalue weighted by molar-refractivity contribution is 0.415. The van der Waals surface area contributed by atoms with Gasteiger partial charge in [0.05, 0.1) is 19.8 Å². The molecule has 2 aromatic carbocycles. The number of fused-ring (bicyclic) bond motifs is 1. The fraction of sp³-hybridized carbons (Fsp3) is 0.100. The van der Waals surface area contributed by atoms with E-state index in [1.165, 1.54) is 0 Å². The molecule has 0 aliphatic carbocycles. The molecular formula is C20H17N3O2. The van der Waals surface area contributed by atoms with Gasteiger partial charge in [-0.25, -0.2) is 9.97 Å². The molecule has 124 valence electrons. The van der Waals surface area contributed by atoms with Crippen LogP contribution in [-0.2, 0) is 0 Å². The van der Waals surface area contributed by atoms with Gasteiger partial charge in [-0.1, -0.05) is 24.3 Å². The van der Waals surface area contributed by atoms with Gasteiger partial charge in [0.25, 0.3) is 0 Å². The van der Waals surface area contributed by atoms with E-state index in [-0.39, 0.29) is 0 Å². The highest BCUT2D eigenvalue weighted by atomic mass is 16.5. The van der Waals surface area contributed by atoms with Crippen molar-refractivity contribution in [3.63, 3.8) is 0 Å². The zero-order chi connectivity index (χ0) is 17.2. The van der Waals surface area contributed by atoms with Gasteiger partial charge in [-0.2, -0.15) is 0 Å². The zero-order valence-corrected chi connectivity index (χ0v) is 14.0. The average molecular weight is 331 g/mol. The summed E-state index contributed by atoms with van der Waals surface area (Å²) in [6, 6.07) is 17.7. The first-order valence-corrected chi connectivity index (χ1v) is 7.92. The largest absolute Gasteiger partial charge is 0.497 e. The van der Waals surface area contributed by atoms with Crippen LogP contribution in [0.4, 0.5) is 0 Å². The first kappa shape index (κ1) is 15.2. The number of para-hydroxylation sites is 1. The van der Waals surface area contributed by atoms with Crippen molar-refractivity contribution in [2.45, 2.75) is 0 Å². The van der Waals surface area contributed by atoms with Crippen LogP contribution in [0, 0.1) is 0 Å². The van der Waals surface area contributed by atoms with Crippen molar-refractivity contribution < 1.29 is 9.47 Å². The molecule has 0 spiro atoms. The molecule has 25 heavy (non-hydrogen) atoms. The summed E-state index contributed by atoms with van der Waals surface area (Å²) in [6.45, 7) is 0. The van der Waals surface area contributed by atoms with Crippen molar-refractivity contribution in [1.29, 1.82) is 0 Å². The van der Waals surface area contributed by atoms with E-state index in [9.17, 15) is 0 Å². The standard InChI is InChI=1S/C20H17N3O2/c1-24-15-7-5-6-13(10-15)14-11-17-20(21-12-14)23-19(22-17)16-8-3-4-9-18(16)25-2/h3-12H,1-2H3,(H,21,22,23). The van der Waals surface area contributed by atoms with Crippen LogP contribution in [0.25, 0.3) is 33.7 Å². The van der Waals surface area contributed by atoms with Gasteiger partial charge in [-0.05, 0) is 35.9 Å². The first-order chi connectivity index (χ1) is 12.3. The molecule has 0 saturated heterocycles. The van der Waals surface area contributed by atoms with Crippen molar-refractivity contribution in [3.8, 4) is 34.0 Å². The smallest absolute Gasteiger partial charge is 0.157 e. The second kappa shape index (κ2) is 6.28. The fourth-order valence-corrected chi connectivity index (χ4v) is 2.82. The number of aromatic nitrogens is 3. The topological polar surface area (TPSA) is 60.0 Å². The molecule has 0 amide bonds. The van der Waals surface area contributed by atoms with Crippen LogP contribution in [0.1, 0.15) is 0 Å². The highest BCUT2D eigenvalue weighted by Gasteiger charge is 2.11. The number of methoxy groups -OCH3 is 2. The van der Waals surface area contributed by atoms with E-state index in [2.05, 4.69) is 9.97 Å². The van der Waals surface area contributed by atoms with E-state index in [0.29, 0.717) is 0 Å². The van der Waals surface area contributed by atoms with Crippen molar-refractivity contribution >= 4 is 11.2 Å². The molecule has 0 bridgehead atoms. The van der Waals surface area contributed by atoms with E-state index in [0.717, 1.165) is 45.2 Å². The summed E-state index contributed by atoms with van der Waals surface area (Å²) in [5, 5.41) is 0. The molecule has 0 aliphatic heterocycles. The molecule has 0 unspecified atom stereocenters. The maximum Gasteiger partial charge on any atom is 0.157 e. The van der Waals surface area contributed by atoms with E-state index in [1.807, 2.05) is 60.8 Å². The van der Waals surface area contributed by atoms with Gasteiger partial charge >= 0.3 is 0 Å². The Hall–Kier alpha value is -3.34. The highest BCUT2D eigenvalue weighted by molar-refractivity contribution is 5.82. The van der Waals surface area contributed by atoms with Crippen LogP contribution in [-0.4, -0.2) is 29.2 Å². The van der Waals surface area contributed by atoms with Crippen LogP contribution in [0.5, 0.6) is 11.5 Å². The zero-order valence-electron chi connectivity index (χ0n) is 14.0. The number of imidazole rings is 1. The second-order valence-electron chi connectivity index (χ2n) is 5.61. The predicted molar refractivity (Wildman–Crippen MR) is 97.9 cm³/mol. The van der Waals surface area contributed by atoms with E-state index in [4.69, 9.17) is 14.5 Å². The monoisotopic (exact) mass is 331 g/mol. The number of rotatable bonds is 4. The average Bonchev–Trinajstić information content (AvgIpc) is 3.11. The quantitative estimate of drug-likeness (QED) is 0.605. The normalized spacial score (nSPS) is 10.8. The number of hydrogen-bond acceptors (Lipinski definition) is 4. The van der Waals surface area contributed by atoms with E-state index in [1.54, 1.807) is 14.2 Å². The number of nitrogens with one attached hydrogen (secondary N) is 1. The molecule has 0 fully saturated rings. The number of ether oxygens (including phenoxy) is 2. The minimum absolute atomic E-state index is 0.739. The highest BCUT2D eigenvalue weighted by Crippen LogP contribution is 2.30. The van der Waals surface area contributed by atoms with Crippen LogP contribution in [0.3, 0.4) is 0 Å². The second-order valence-corrected chi connectivity index (χ2v) is 5.61. The van der Waals surface area contributed by atoms with Gasteiger partial charge in [-0.15, -0.1) is 0 Å². The summed E-state index contributed by atoms with van der Waals surface area (Å²) >= 11 is 0. The number of pyridine rings is 1. The lowest BCUT2D eigenvalue weighted by Crippen LogP contribution is -1.88. The van der Waals surface area contributed by atoms with Gasteiger partial charge in [0.1, 0.15) is 22.8 Å². The fourth-order valence-electron chi connectivity index (χ4n) is 2.82. The number of benzene rings is 2. The van der Waals surface area contributed by atoms with Crippen molar-refractivity contribution in [2.24, 2.45) is 0 Å². The molecule has 0 radical (unpaired) electrons. The predicted octanol–water partition coefficient (Wildman–Crippen LogP) is 4.31. The summed E-state index contributed by atoms with van der Waals surface area (Å²) in [5.74, 6) is 2.33. The maximum absolute atomic E-state index is 5.42. The van der Waals surface area contributed by atoms with Crippen LogP contribution >= 0.6 is 0 Å². The third-order valence-corrected chi connectivity index (χ3v) is 4.10. The Bertz CT molecular complexity index is 1040. The van der Waals surface area contributed by atoms with Gasteiger partial charge < -0.3 is 14.5 Å². The Morgan fingerprint density at radius 1 is 0.880 bits per heavy atom. The van der Waals surface area contributed by atoms with Crippen molar-refractivity contribution in [3.05, 3.63) is 60.8 Å². The Labute approximate surface area is 145 Å². The number of H-pyrrole nitrogens is 1. The third kappa shape index (κ3) is 2.80. The summed E-state index contributed by atoms with van der Waals surface area (Å²) in [5.41, 5.74) is 4.49. The Balaban J connectivity index is 1.79. The van der Waals surface area contributed by atoms with Crippen LogP contribution in [0.2, 0.25) is 0 Å². The first-order valence-electron chi connectivity index (χ1n) is 7.92. The van der Waals surface area contributed by atoms with Crippen LogP contribution < -0.4 is 9.47 Å². The molecule has 4 rings (SSSR count). The van der Waals surface area contributed by atoms with Crippen LogP contribution in [0.15, 0.2) is 60.8 Å². The maximum atomic E-state index is 5.42. The molecule has 0 aliphatic rings. The summed E-state index contributed by atoms with van der Waals surface area (Å²) in [7, 11) is 3.31. The minimum atomic E-state index is 0.739. The van der Waals surface area contributed by atoms with Gasteiger partial charge in [-0.3, -0.25) is 0 Å². The van der Waals surface area contributed by atoms with Gasteiger partial charge in [0, 0.05) is 11.8 Å². The Morgan fingerprint density at radius 3 is 2.60 bits per heavy atom. The molecule has 1 N–H and O–H groups in total. The number of hydrogen-bond donors (Lipinski definition) is 1. The number of aromatic amines is 1. The molecule has 2 heterocycles. The molecule has 0 saturated carbocycles. The molecule has 4 aromatic rings. The summed E-state index contributed by atoms with van der Waals surface area (Å²) < 4.78 is 10.7. The Kier molecular flexibility index (Phi) is 3.82. The van der Waals surface area contributed by atoms with Gasteiger partial charge in [0.15, 0.2) is 5.65 Å². The molecule has 5 heteroatoms. The van der Waals surface area contributed by atoms with Crippen molar-refractivity contribution in [2.75, 3.05) is 14.2 Å².